The van der Waals surface area contributed by atoms with Gasteiger partial charge in [0, 0.05) is 17.4 Å². The Morgan fingerprint density at radius 1 is 1.27 bits per heavy atom. The van der Waals surface area contributed by atoms with E-state index in [-0.39, 0.29) is 35.2 Å². The molecule has 1 saturated carbocycles. The molecule has 5 rings (SSSR count). The van der Waals surface area contributed by atoms with Gasteiger partial charge in [0.2, 0.25) is 0 Å². The van der Waals surface area contributed by atoms with Crippen LogP contribution in [0.5, 0.6) is 0 Å². The zero-order valence-electron chi connectivity index (χ0n) is 13.7. The van der Waals surface area contributed by atoms with E-state index in [0.717, 1.165) is 0 Å². The highest BCUT2D eigenvalue weighted by Gasteiger charge is 2.56. The van der Waals surface area contributed by atoms with E-state index in [4.69, 9.17) is 4.74 Å². The molecule has 3 heterocycles. The first kappa shape index (κ1) is 15.4. The van der Waals surface area contributed by atoms with Crippen molar-refractivity contribution in [1.82, 2.24) is 19.6 Å². The molecule has 3 atom stereocenters. The lowest BCUT2D eigenvalue weighted by atomic mass is 10.2. The summed E-state index contributed by atoms with van der Waals surface area (Å²) >= 11 is 0. The molecular formula is C18H15FN4O3. The number of aldehydes is 1. The largest absolute Gasteiger partial charge is 0.381 e. The maximum atomic E-state index is 13.9. The van der Waals surface area contributed by atoms with Crippen LogP contribution in [0.1, 0.15) is 22.1 Å². The van der Waals surface area contributed by atoms with Gasteiger partial charge in [0.05, 0.1) is 37.4 Å². The van der Waals surface area contributed by atoms with E-state index < -0.39 is 0 Å². The van der Waals surface area contributed by atoms with Crippen molar-refractivity contribution in [2.24, 2.45) is 11.8 Å². The summed E-state index contributed by atoms with van der Waals surface area (Å²) in [7, 11) is 0. The summed E-state index contributed by atoms with van der Waals surface area (Å²) in [6.45, 7) is 1.35. The number of rotatable bonds is 4. The van der Waals surface area contributed by atoms with E-state index >= 15 is 0 Å². The maximum Gasteiger partial charge on any atom is 0.295 e. The van der Waals surface area contributed by atoms with Crippen molar-refractivity contribution < 1.29 is 13.9 Å². The van der Waals surface area contributed by atoms with Gasteiger partial charge in [0.1, 0.15) is 11.5 Å². The first-order valence-corrected chi connectivity index (χ1v) is 8.43. The van der Waals surface area contributed by atoms with Gasteiger partial charge in [-0.1, -0.05) is 18.2 Å². The van der Waals surface area contributed by atoms with Gasteiger partial charge in [0.25, 0.3) is 5.56 Å². The van der Waals surface area contributed by atoms with Crippen molar-refractivity contribution in [3.05, 3.63) is 57.9 Å². The highest BCUT2D eigenvalue weighted by molar-refractivity contribution is 5.94. The number of carbonyl (C=O) groups excluding carboxylic acids is 1. The molecule has 3 aromatic rings. The number of aromatic nitrogens is 4. The predicted molar refractivity (Wildman–Crippen MR) is 89.5 cm³/mol. The number of hydrogen-bond acceptors (Lipinski definition) is 5. The fraction of sp³-hybridized carbons (Fsp3) is 0.333. The van der Waals surface area contributed by atoms with Crippen LogP contribution in [0.3, 0.4) is 0 Å². The van der Waals surface area contributed by atoms with Crippen LogP contribution in [0.25, 0.3) is 10.9 Å². The Balaban J connectivity index is 1.59. The van der Waals surface area contributed by atoms with Crippen LogP contribution in [0.4, 0.5) is 4.39 Å². The molecule has 0 N–H and O–H groups in total. The summed E-state index contributed by atoms with van der Waals surface area (Å²) in [6, 6.07) is 6.32. The van der Waals surface area contributed by atoms with Crippen LogP contribution in [0.2, 0.25) is 0 Å². The van der Waals surface area contributed by atoms with Crippen molar-refractivity contribution >= 4 is 17.2 Å². The molecule has 7 nitrogen and oxygen atoms in total. The Kier molecular flexibility index (Phi) is 3.30. The smallest absolute Gasteiger partial charge is 0.295 e. The lowest BCUT2D eigenvalue weighted by Gasteiger charge is -2.06. The Morgan fingerprint density at radius 3 is 2.77 bits per heavy atom. The molecule has 132 valence electrons. The number of carbonyl (C=O) groups is 1. The van der Waals surface area contributed by atoms with Crippen molar-refractivity contribution in [2.75, 3.05) is 13.2 Å². The molecule has 8 heteroatoms. The van der Waals surface area contributed by atoms with Gasteiger partial charge < -0.3 is 4.74 Å². The molecule has 1 saturated heterocycles. The summed E-state index contributed by atoms with van der Waals surface area (Å²) < 4.78 is 22.1. The van der Waals surface area contributed by atoms with Gasteiger partial charge >= 0.3 is 0 Å². The summed E-state index contributed by atoms with van der Waals surface area (Å²) in [5, 5.41) is 8.95. The molecule has 2 fully saturated rings. The molecule has 1 aliphatic heterocycles. The molecule has 0 spiro atoms. The van der Waals surface area contributed by atoms with E-state index in [1.165, 1.54) is 21.6 Å². The fourth-order valence-corrected chi connectivity index (χ4v) is 3.87. The standard InChI is InChI=1S/C18H15FN4O3/c19-14-4-2-1-3-10(14)6-22-15(7-24)11-5-20-23(18(25)16(11)21-22)17-12-8-26-9-13(12)17/h1-5,7,12-13,17H,6,8-9H2/t12-,13+,17?. The monoisotopic (exact) mass is 354 g/mol. The number of fused-ring (bicyclic) bond motifs is 2. The Hall–Kier alpha value is -2.87. The van der Waals surface area contributed by atoms with Crippen molar-refractivity contribution in [3.8, 4) is 0 Å². The Morgan fingerprint density at radius 2 is 2.04 bits per heavy atom. The van der Waals surface area contributed by atoms with E-state index in [1.807, 2.05) is 0 Å². The second kappa shape index (κ2) is 5.57. The average Bonchev–Trinajstić information content (AvgIpc) is 2.98. The van der Waals surface area contributed by atoms with Crippen molar-refractivity contribution in [1.29, 1.82) is 0 Å². The van der Waals surface area contributed by atoms with Crippen LogP contribution >= 0.6 is 0 Å². The van der Waals surface area contributed by atoms with Gasteiger partial charge in [0.15, 0.2) is 11.8 Å². The molecule has 0 bridgehead atoms. The summed E-state index contributed by atoms with van der Waals surface area (Å²) in [5.74, 6) is 0.262. The maximum absolute atomic E-state index is 13.9. The van der Waals surface area contributed by atoms with Gasteiger partial charge in [-0.3, -0.25) is 14.3 Å². The minimum atomic E-state index is -0.384. The fourth-order valence-electron chi connectivity index (χ4n) is 3.87. The van der Waals surface area contributed by atoms with Crippen LogP contribution in [0.15, 0.2) is 35.3 Å². The van der Waals surface area contributed by atoms with Crippen LogP contribution < -0.4 is 5.56 Å². The van der Waals surface area contributed by atoms with Gasteiger partial charge in [-0.05, 0) is 6.07 Å². The van der Waals surface area contributed by atoms with Gasteiger partial charge in [-0.15, -0.1) is 0 Å². The zero-order chi connectivity index (χ0) is 17.8. The Labute approximate surface area is 147 Å². The SMILES string of the molecule is O=Cc1c2cnn(C3[C@H]4COC[C@@H]34)c(=O)c2nn1Cc1ccccc1F. The highest BCUT2D eigenvalue weighted by Crippen LogP contribution is 2.53. The second-order valence-corrected chi connectivity index (χ2v) is 6.76. The molecule has 1 aromatic carbocycles. The van der Waals surface area contributed by atoms with Crippen molar-refractivity contribution in [3.63, 3.8) is 0 Å². The summed E-state index contributed by atoms with van der Waals surface area (Å²) in [5.41, 5.74) is 0.478. The second-order valence-electron chi connectivity index (χ2n) is 6.76. The first-order valence-electron chi connectivity index (χ1n) is 8.43. The third-order valence-electron chi connectivity index (χ3n) is 5.33. The average molecular weight is 354 g/mol. The van der Waals surface area contributed by atoms with E-state index in [0.29, 0.717) is 42.3 Å². The lowest BCUT2D eigenvalue weighted by Crippen LogP contribution is -2.24. The zero-order valence-corrected chi connectivity index (χ0v) is 13.7. The van der Waals surface area contributed by atoms with Crippen LogP contribution in [0, 0.1) is 17.7 Å². The molecule has 2 aromatic heterocycles. The third kappa shape index (κ3) is 2.15. The minimum Gasteiger partial charge on any atom is -0.381 e. The first-order chi connectivity index (χ1) is 12.7. The molecule has 0 radical (unpaired) electrons. The van der Waals surface area contributed by atoms with Crippen LogP contribution in [-0.2, 0) is 11.3 Å². The molecule has 1 unspecified atom stereocenters. The molecule has 2 aliphatic rings. The molecule has 0 amide bonds. The van der Waals surface area contributed by atoms with E-state index in [9.17, 15) is 14.0 Å². The number of nitrogens with zero attached hydrogens (tertiary/aromatic N) is 4. The number of hydrogen-bond donors (Lipinski definition) is 0. The predicted octanol–water partition coefficient (Wildman–Crippen LogP) is 1.41. The van der Waals surface area contributed by atoms with E-state index in [1.54, 1.807) is 18.2 Å². The molecular weight excluding hydrogens is 339 g/mol. The number of benzene rings is 1. The lowest BCUT2D eigenvalue weighted by molar-refractivity contribution is 0.111. The quantitative estimate of drug-likeness (QED) is 0.662. The topological polar surface area (TPSA) is 79.0 Å². The number of halogens is 1. The van der Waals surface area contributed by atoms with Gasteiger partial charge in [-0.25, -0.2) is 9.07 Å². The molecule has 26 heavy (non-hydrogen) atoms. The summed E-state index contributed by atoms with van der Waals surface area (Å²) in [4.78, 5) is 24.4. The minimum absolute atomic E-state index is 0.0389. The normalized spacial score (nSPS) is 24.0. The molecule has 1 aliphatic carbocycles. The number of ether oxygens (including phenoxy) is 1. The Bertz CT molecular complexity index is 1080. The highest BCUT2D eigenvalue weighted by atomic mass is 19.1. The van der Waals surface area contributed by atoms with Gasteiger partial charge in [-0.2, -0.15) is 10.2 Å². The van der Waals surface area contributed by atoms with Crippen LogP contribution in [-0.4, -0.2) is 39.1 Å². The summed E-state index contributed by atoms with van der Waals surface area (Å²) in [6.07, 6.45) is 2.13. The van der Waals surface area contributed by atoms with E-state index in [2.05, 4.69) is 10.2 Å². The third-order valence-corrected chi connectivity index (χ3v) is 5.33. The van der Waals surface area contributed by atoms with Crippen molar-refractivity contribution in [2.45, 2.75) is 12.6 Å².